The van der Waals surface area contributed by atoms with Gasteiger partial charge in [-0.1, -0.05) is 6.07 Å². The van der Waals surface area contributed by atoms with Gasteiger partial charge in [0.05, 0.1) is 38.1 Å². The molecule has 260 valence electrons. The fourth-order valence-corrected chi connectivity index (χ4v) is 7.42. The number of aromatic nitrogens is 3. The summed E-state index contributed by atoms with van der Waals surface area (Å²) in [5, 5.41) is 14.1. The van der Waals surface area contributed by atoms with Gasteiger partial charge in [0.1, 0.15) is 23.7 Å². The van der Waals surface area contributed by atoms with Crippen molar-refractivity contribution in [3.63, 3.8) is 0 Å². The second-order valence-electron chi connectivity index (χ2n) is 14.1. The Morgan fingerprint density at radius 2 is 1.73 bits per heavy atom. The lowest BCUT2D eigenvalue weighted by Gasteiger charge is -2.39. The number of methoxy groups -OCH3 is 2. The summed E-state index contributed by atoms with van der Waals surface area (Å²) in [6.45, 7) is 5.91. The van der Waals surface area contributed by atoms with Crippen LogP contribution in [-0.4, -0.2) is 77.7 Å². The molecule has 11 heteroatoms. The molecule has 0 N–H and O–H groups in total. The molecule has 6 rings (SSSR count). The smallest absolute Gasteiger partial charge is 0.410 e. The number of nitriles is 1. The van der Waals surface area contributed by atoms with Crippen molar-refractivity contribution < 1.29 is 23.8 Å². The molecule has 1 saturated heterocycles. The number of rotatable bonds is 10. The summed E-state index contributed by atoms with van der Waals surface area (Å²) in [6, 6.07) is 12.4. The highest BCUT2D eigenvalue weighted by molar-refractivity contribution is 5.94. The summed E-state index contributed by atoms with van der Waals surface area (Å²) < 4.78 is 18.4. The van der Waals surface area contributed by atoms with Crippen LogP contribution in [0, 0.1) is 23.2 Å². The summed E-state index contributed by atoms with van der Waals surface area (Å²) in [5.74, 6) is 1.89. The Morgan fingerprint density at radius 3 is 2.39 bits per heavy atom. The summed E-state index contributed by atoms with van der Waals surface area (Å²) in [4.78, 5) is 35.3. The Hall–Kier alpha value is -4.43. The number of nitrogens with zero attached hydrogens (tertiary/aromatic N) is 6. The average Bonchev–Trinajstić information content (AvgIpc) is 3.61. The lowest BCUT2D eigenvalue weighted by atomic mass is 9.78. The molecular formula is C38H48N6O5. The first-order valence-corrected chi connectivity index (χ1v) is 17.6. The number of ether oxygens (including phenoxy) is 3. The Bertz CT molecular complexity index is 1640. The summed E-state index contributed by atoms with van der Waals surface area (Å²) in [5.41, 5.74) is 3.70. The van der Waals surface area contributed by atoms with Crippen molar-refractivity contribution in [3.8, 4) is 22.9 Å². The van der Waals surface area contributed by atoms with Crippen LogP contribution in [0.15, 0.2) is 48.9 Å². The van der Waals surface area contributed by atoms with Gasteiger partial charge in [-0.05, 0) is 112 Å². The maximum absolute atomic E-state index is 14.4. The molecule has 1 aliphatic heterocycles. The van der Waals surface area contributed by atoms with Crippen molar-refractivity contribution >= 4 is 17.8 Å². The molecule has 3 aliphatic rings. The molecule has 2 aromatic heterocycles. The van der Waals surface area contributed by atoms with Gasteiger partial charge >= 0.3 is 6.09 Å². The van der Waals surface area contributed by atoms with Crippen molar-refractivity contribution in [2.75, 3.05) is 38.8 Å². The number of amides is 2. The van der Waals surface area contributed by atoms with Crippen molar-refractivity contribution in [2.24, 2.45) is 11.8 Å². The standard InChI is InChI=1S/C38H48N6O5/c1-25(2)44-22-32(20-41-44)30-15-16-40-36(18-30)43(21-26-5-7-27(8-6-26)29-11-14-35(48-4)31(17-29)19-39)37(45)28-9-12-33(13-10-28)49-38(46)42-23-34(24-42)47-3/h11,14-18,20,22,25-28,33-34H,5-10,12-13,21,23-24H2,1-4H3. The van der Waals surface area contributed by atoms with E-state index in [1.165, 1.54) is 5.56 Å². The van der Waals surface area contributed by atoms with Crippen molar-refractivity contribution in [1.82, 2.24) is 19.7 Å². The van der Waals surface area contributed by atoms with E-state index in [4.69, 9.17) is 19.2 Å². The van der Waals surface area contributed by atoms with Crippen LogP contribution in [0.2, 0.25) is 0 Å². The van der Waals surface area contributed by atoms with E-state index >= 15 is 0 Å². The van der Waals surface area contributed by atoms with Gasteiger partial charge < -0.3 is 19.1 Å². The number of hydrogen-bond acceptors (Lipinski definition) is 8. The fraction of sp³-hybridized carbons (Fsp3) is 0.553. The van der Waals surface area contributed by atoms with Crippen molar-refractivity contribution in [3.05, 3.63) is 60.0 Å². The second kappa shape index (κ2) is 15.4. The van der Waals surface area contributed by atoms with Crippen LogP contribution in [0.5, 0.6) is 5.75 Å². The first kappa shape index (κ1) is 34.4. The number of benzene rings is 1. The fourth-order valence-electron chi connectivity index (χ4n) is 7.42. The molecule has 3 heterocycles. The first-order valence-electron chi connectivity index (χ1n) is 17.6. The van der Waals surface area contributed by atoms with E-state index in [9.17, 15) is 14.9 Å². The molecule has 0 unspecified atom stereocenters. The molecule has 1 aromatic carbocycles. The molecule has 0 atom stereocenters. The van der Waals surface area contributed by atoms with E-state index in [2.05, 4.69) is 31.1 Å². The Morgan fingerprint density at radius 1 is 0.980 bits per heavy atom. The highest BCUT2D eigenvalue weighted by atomic mass is 16.6. The lowest BCUT2D eigenvalue weighted by Crippen LogP contribution is -2.55. The van der Waals surface area contributed by atoms with E-state index in [1.54, 1.807) is 25.3 Å². The van der Waals surface area contributed by atoms with Gasteiger partial charge in [0, 0.05) is 43.6 Å². The third kappa shape index (κ3) is 7.91. The zero-order chi connectivity index (χ0) is 34.5. The van der Waals surface area contributed by atoms with Gasteiger partial charge in [0.15, 0.2) is 0 Å². The van der Waals surface area contributed by atoms with Crippen LogP contribution in [0.3, 0.4) is 0 Å². The highest BCUT2D eigenvalue weighted by Crippen LogP contribution is 2.39. The van der Waals surface area contributed by atoms with Crippen molar-refractivity contribution in [2.45, 2.75) is 89.4 Å². The Labute approximate surface area is 289 Å². The number of anilines is 1. The monoisotopic (exact) mass is 668 g/mol. The molecule has 2 saturated carbocycles. The zero-order valence-electron chi connectivity index (χ0n) is 29.1. The number of pyridine rings is 1. The van der Waals surface area contributed by atoms with E-state index in [-0.39, 0.29) is 36.2 Å². The van der Waals surface area contributed by atoms with Crippen LogP contribution in [0.4, 0.5) is 10.6 Å². The SMILES string of the molecule is COc1ccc(C2CCC(CN(C(=O)C3CCC(OC(=O)N4CC(OC)C4)CC3)c3cc(-c4cnn(C(C)C)c4)ccn3)CC2)cc1C#N. The average molecular weight is 669 g/mol. The topological polar surface area (TPSA) is 123 Å². The largest absolute Gasteiger partial charge is 0.495 e. The molecule has 2 aliphatic carbocycles. The number of carbonyl (C=O) groups excluding carboxylic acids is 2. The van der Waals surface area contributed by atoms with Crippen LogP contribution < -0.4 is 9.64 Å². The highest BCUT2D eigenvalue weighted by Gasteiger charge is 2.37. The minimum atomic E-state index is -0.291. The number of likely N-dealkylation sites (tertiary alicyclic amines) is 1. The number of carbonyl (C=O) groups is 2. The minimum Gasteiger partial charge on any atom is -0.495 e. The third-order valence-corrected chi connectivity index (χ3v) is 10.6. The van der Waals surface area contributed by atoms with Gasteiger partial charge in [0.2, 0.25) is 5.91 Å². The minimum absolute atomic E-state index is 0.0827. The van der Waals surface area contributed by atoms with Crippen LogP contribution in [0.25, 0.3) is 11.1 Å². The predicted molar refractivity (Wildman–Crippen MR) is 185 cm³/mol. The quantitative estimate of drug-likeness (QED) is 0.233. The molecule has 2 amide bonds. The Balaban J connectivity index is 1.14. The third-order valence-electron chi connectivity index (χ3n) is 10.6. The second-order valence-corrected chi connectivity index (χ2v) is 14.1. The molecule has 11 nitrogen and oxygen atoms in total. The van der Waals surface area contributed by atoms with Crippen LogP contribution in [-0.2, 0) is 14.3 Å². The van der Waals surface area contributed by atoms with Crippen molar-refractivity contribution in [1.29, 1.82) is 5.26 Å². The van der Waals surface area contributed by atoms with Gasteiger partial charge in [-0.25, -0.2) is 9.78 Å². The Kier molecular flexibility index (Phi) is 10.8. The van der Waals surface area contributed by atoms with E-state index in [1.807, 2.05) is 46.2 Å². The van der Waals surface area contributed by atoms with Gasteiger partial charge in [-0.15, -0.1) is 0 Å². The predicted octanol–water partition coefficient (Wildman–Crippen LogP) is 6.74. The molecule has 0 spiro atoms. The van der Waals surface area contributed by atoms with Gasteiger partial charge in [-0.3, -0.25) is 14.4 Å². The zero-order valence-corrected chi connectivity index (χ0v) is 29.1. The summed E-state index contributed by atoms with van der Waals surface area (Å²) in [7, 11) is 3.24. The summed E-state index contributed by atoms with van der Waals surface area (Å²) >= 11 is 0. The number of hydrogen-bond donors (Lipinski definition) is 0. The van der Waals surface area contributed by atoms with Gasteiger partial charge in [-0.2, -0.15) is 10.4 Å². The molecule has 0 radical (unpaired) electrons. The molecule has 49 heavy (non-hydrogen) atoms. The summed E-state index contributed by atoms with van der Waals surface area (Å²) in [6.07, 6.45) is 11.9. The van der Waals surface area contributed by atoms with E-state index < -0.39 is 0 Å². The molecule has 3 fully saturated rings. The van der Waals surface area contributed by atoms with Gasteiger partial charge in [0.25, 0.3) is 0 Å². The van der Waals surface area contributed by atoms with Crippen LogP contribution in [0.1, 0.15) is 88.3 Å². The maximum atomic E-state index is 14.4. The maximum Gasteiger partial charge on any atom is 0.410 e. The van der Waals surface area contributed by atoms with E-state index in [0.717, 1.165) is 36.8 Å². The molecular weight excluding hydrogens is 620 g/mol. The molecule has 0 bridgehead atoms. The lowest BCUT2D eigenvalue weighted by molar-refractivity contribution is -0.124. The normalized spacial score (nSPS) is 22.7. The van der Waals surface area contributed by atoms with Crippen LogP contribution >= 0.6 is 0 Å². The molecule has 3 aromatic rings. The first-order chi connectivity index (χ1) is 23.8. The van der Waals surface area contributed by atoms with E-state index in [0.29, 0.717) is 74.3 Å².